The zero-order chi connectivity index (χ0) is 18.6. The molecule has 138 valence electrons. The highest BCUT2D eigenvalue weighted by Crippen LogP contribution is 2.06. The Hall–Kier alpha value is -2.86. The van der Waals surface area contributed by atoms with Gasteiger partial charge in [-0.1, -0.05) is 60.7 Å². The van der Waals surface area contributed by atoms with Gasteiger partial charge in [0.2, 0.25) is 0 Å². The number of nitrogens with two attached hydrogens (primary N) is 1. The Balaban J connectivity index is 1.84. The number of nitrogens with one attached hydrogen (secondary N) is 1. The van der Waals surface area contributed by atoms with Crippen LogP contribution in [0.25, 0.3) is 0 Å². The quantitative estimate of drug-likeness (QED) is 0.674. The van der Waals surface area contributed by atoms with E-state index in [1.807, 2.05) is 60.7 Å². The monoisotopic (exact) mass is 356 g/mol. The minimum Gasteiger partial charge on any atom is -0.459 e. The summed E-state index contributed by atoms with van der Waals surface area (Å²) < 4.78 is 10.5. The van der Waals surface area contributed by atoms with Gasteiger partial charge in [0.05, 0.1) is 0 Å². The SMILES string of the molecule is NCCCC(NC(=O)OCc1ccccc1)C(=O)OCc1ccccc1. The molecular weight excluding hydrogens is 332 g/mol. The molecule has 1 amide bonds. The average Bonchev–Trinajstić information content (AvgIpc) is 2.69. The molecule has 0 aliphatic carbocycles. The van der Waals surface area contributed by atoms with Crippen molar-refractivity contribution >= 4 is 12.1 Å². The Kier molecular flexibility index (Phi) is 8.15. The maximum atomic E-state index is 12.3. The van der Waals surface area contributed by atoms with E-state index < -0.39 is 18.1 Å². The Morgan fingerprint density at radius 3 is 1.96 bits per heavy atom. The van der Waals surface area contributed by atoms with Crippen LogP contribution in [0.3, 0.4) is 0 Å². The van der Waals surface area contributed by atoms with Crippen LogP contribution in [0.15, 0.2) is 60.7 Å². The van der Waals surface area contributed by atoms with Crippen molar-refractivity contribution in [3.63, 3.8) is 0 Å². The van der Waals surface area contributed by atoms with E-state index in [1.165, 1.54) is 0 Å². The number of rotatable bonds is 9. The Labute approximate surface area is 153 Å². The maximum Gasteiger partial charge on any atom is 0.408 e. The number of benzene rings is 2. The van der Waals surface area contributed by atoms with E-state index in [2.05, 4.69) is 5.32 Å². The van der Waals surface area contributed by atoms with E-state index >= 15 is 0 Å². The first-order chi connectivity index (χ1) is 12.7. The molecule has 6 heteroatoms. The second-order valence-electron chi connectivity index (χ2n) is 5.78. The van der Waals surface area contributed by atoms with Gasteiger partial charge in [-0.15, -0.1) is 0 Å². The average molecular weight is 356 g/mol. The number of hydrogen-bond donors (Lipinski definition) is 2. The van der Waals surface area contributed by atoms with Crippen molar-refractivity contribution in [1.29, 1.82) is 0 Å². The van der Waals surface area contributed by atoms with Gasteiger partial charge in [-0.3, -0.25) is 0 Å². The fraction of sp³-hybridized carbons (Fsp3) is 0.300. The number of hydrogen-bond acceptors (Lipinski definition) is 5. The molecule has 2 aromatic carbocycles. The molecule has 0 heterocycles. The summed E-state index contributed by atoms with van der Waals surface area (Å²) in [6.07, 6.45) is 0.321. The summed E-state index contributed by atoms with van der Waals surface area (Å²) in [6, 6.07) is 17.9. The molecule has 0 aliphatic rings. The lowest BCUT2D eigenvalue weighted by Gasteiger charge is -2.17. The highest BCUT2D eigenvalue weighted by Gasteiger charge is 2.22. The summed E-state index contributed by atoms with van der Waals surface area (Å²) in [6.45, 7) is 0.706. The highest BCUT2D eigenvalue weighted by atomic mass is 16.6. The van der Waals surface area contributed by atoms with E-state index in [-0.39, 0.29) is 13.2 Å². The van der Waals surface area contributed by atoms with Crippen molar-refractivity contribution < 1.29 is 19.1 Å². The number of carbonyl (C=O) groups excluding carboxylic acids is 2. The molecule has 0 aromatic heterocycles. The fourth-order valence-electron chi connectivity index (χ4n) is 2.31. The van der Waals surface area contributed by atoms with Crippen LogP contribution in [0.4, 0.5) is 4.79 Å². The number of amides is 1. The molecule has 3 N–H and O–H groups in total. The van der Waals surface area contributed by atoms with Gasteiger partial charge >= 0.3 is 12.1 Å². The van der Waals surface area contributed by atoms with Gasteiger partial charge in [0, 0.05) is 0 Å². The molecule has 0 saturated carbocycles. The predicted molar refractivity (Wildman–Crippen MR) is 98.1 cm³/mol. The highest BCUT2D eigenvalue weighted by molar-refractivity contribution is 5.81. The van der Waals surface area contributed by atoms with Crippen molar-refractivity contribution in [2.24, 2.45) is 5.73 Å². The van der Waals surface area contributed by atoms with Gasteiger partial charge in [-0.05, 0) is 30.5 Å². The zero-order valence-electron chi connectivity index (χ0n) is 14.6. The molecule has 1 atom stereocenters. The van der Waals surface area contributed by atoms with Gasteiger partial charge in [0.15, 0.2) is 0 Å². The van der Waals surface area contributed by atoms with Crippen molar-refractivity contribution in [3.8, 4) is 0 Å². The van der Waals surface area contributed by atoms with Crippen molar-refractivity contribution in [3.05, 3.63) is 71.8 Å². The van der Waals surface area contributed by atoms with Crippen LogP contribution in [0.1, 0.15) is 24.0 Å². The molecule has 0 spiro atoms. The van der Waals surface area contributed by atoms with Crippen LogP contribution in [0.2, 0.25) is 0 Å². The fourth-order valence-corrected chi connectivity index (χ4v) is 2.31. The summed E-state index contributed by atoms with van der Waals surface area (Å²) in [5.41, 5.74) is 7.26. The summed E-state index contributed by atoms with van der Waals surface area (Å²) in [7, 11) is 0. The van der Waals surface area contributed by atoms with Gasteiger partial charge < -0.3 is 20.5 Å². The van der Waals surface area contributed by atoms with E-state index in [4.69, 9.17) is 15.2 Å². The normalized spacial score (nSPS) is 11.4. The van der Waals surface area contributed by atoms with E-state index in [0.29, 0.717) is 19.4 Å². The first-order valence-corrected chi connectivity index (χ1v) is 8.57. The third-order valence-corrected chi connectivity index (χ3v) is 3.71. The van der Waals surface area contributed by atoms with Crippen molar-refractivity contribution in [2.75, 3.05) is 6.54 Å². The van der Waals surface area contributed by atoms with Crippen LogP contribution in [-0.4, -0.2) is 24.6 Å². The molecule has 0 fully saturated rings. The number of ether oxygens (including phenoxy) is 2. The van der Waals surface area contributed by atoms with Gasteiger partial charge in [0.25, 0.3) is 0 Å². The lowest BCUT2D eigenvalue weighted by molar-refractivity contribution is -0.147. The van der Waals surface area contributed by atoms with E-state index in [0.717, 1.165) is 11.1 Å². The van der Waals surface area contributed by atoms with Gasteiger partial charge in [-0.2, -0.15) is 0 Å². The lowest BCUT2D eigenvalue weighted by atomic mass is 10.1. The van der Waals surface area contributed by atoms with Crippen LogP contribution in [0, 0.1) is 0 Å². The van der Waals surface area contributed by atoms with Crippen LogP contribution >= 0.6 is 0 Å². The third-order valence-electron chi connectivity index (χ3n) is 3.71. The second kappa shape index (κ2) is 10.9. The predicted octanol–water partition coefficient (Wildman–Crippen LogP) is 2.76. The standard InChI is InChI=1S/C20H24N2O4/c21-13-7-12-18(19(23)25-14-16-8-3-1-4-9-16)22-20(24)26-15-17-10-5-2-6-11-17/h1-6,8-11,18H,7,12-15,21H2,(H,22,24). The largest absolute Gasteiger partial charge is 0.459 e. The molecule has 2 rings (SSSR count). The summed E-state index contributed by atoms with van der Waals surface area (Å²) in [4.78, 5) is 24.3. The zero-order valence-corrected chi connectivity index (χ0v) is 14.6. The molecule has 0 bridgehead atoms. The maximum absolute atomic E-state index is 12.3. The van der Waals surface area contributed by atoms with Crippen molar-refractivity contribution in [1.82, 2.24) is 5.32 Å². The number of esters is 1. The number of carbonyl (C=O) groups is 2. The van der Waals surface area contributed by atoms with Gasteiger partial charge in [-0.25, -0.2) is 9.59 Å². The smallest absolute Gasteiger partial charge is 0.408 e. The number of alkyl carbamates (subject to hydrolysis) is 1. The first kappa shape index (κ1) is 19.5. The topological polar surface area (TPSA) is 90.6 Å². The summed E-state index contributed by atoms with van der Waals surface area (Å²) >= 11 is 0. The second-order valence-corrected chi connectivity index (χ2v) is 5.78. The third kappa shape index (κ3) is 6.94. The molecule has 1 unspecified atom stereocenters. The van der Waals surface area contributed by atoms with Crippen LogP contribution in [0.5, 0.6) is 0 Å². The molecular formula is C20H24N2O4. The summed E-state index contributed by atoms with van der Waals surface area (Å²) in [5.74, 6) is -0.501. The Morgan fingerprint density at radius 2 is 1.42 bits per heavy atom. The first-order valence-electron chi connectivity index (χ1n) is 8.57. The van der Waals surface area contributed by atoms with Gasteiger partial charge in [0.1, 0.15) is 19.3 Å². The van der Waals surface area contributed by atoms with Crippen LogP contribution in [-0.2, 0) is 27.5 Å². The Bertz CT molecular complexity index is 677. The molecule has 0 saturated heterocycles. The molecule has 6 nitrogen and oxygen atoms in total. The van der Waals surface area contributed by atoms with E-state index in [1.54, 1.807) is 0 Å². The van der Waals surface area contributed by atoms with Crippen LogP contribution < -0.4 is 11.1 Å². The molecule has 2 aromatic rings. The molecule has 0 aliphatic heterocycles. The Morgan fingerprint density at radius 1 is 0.885 bits per heavy atom. The molecule has 26 heavy (non-hydrogen) atoms. The van der Waals surface area contributed by atoms with E-state index in [9.17, 15) is 9.59 Å². The summed E-state index contributed by atoms with van der Waals surface area (Å²) in [5, 5.41) is 2.57. The molecule has 0 radical (unpaired) electrons. The minimum atomic E-state index is -0.787. The minimum absolute atomic E-state index is 0.134. The van der Waals surface area contributed by atoms with Crippen molar-refractivity contribution in [2.45, 2.75) is 32.1 Å². The lowest BCUT2D eigenvalue weighted by Crippen LogP contribution is -2.42.